The van der Waals surface area contributed by atoms with Crippen LogP contribution >= 0.6 is 11.8 Å². The minimum Gasteiger partial charge on any atom is -0.411 e. The number of amides is 1. The van der Waals surface area contributed by atoms with Gasteiger partial charge in [0.15, 0.2) is 0 Å². The van der Waals surface area contributed by atoms with E-state index < -0.39 is 0 Å². The van der Waals surface area contributed by atoms with Crippen molar-refractivity contribution in [1.82, 2.24) is 10.2 Å². The fraction of sp³-hybridized carbons (Fsp3) is 0.250. The summed E-state index contributed by atoms with van der Waals surface area (Å²) in [6, 6.07) is 17.4. The Kier molecular flexibility index (Phi) is 5.73. The molecule has 5 nitrogen and oxygen atoms in total. The van der Waals surface area contributed by atoms with E-state index in [1.165, 1.54) is 11.8 Å². The second-order valence-corrected chi connectivity index (χ2v) is 7.52. The molecule has 1 aromatic heterocycles. The van der Waals surface area contributed by atoms with Gasteiger partial charge in [0.2, 0.25) is 11.8 Å². The highest BCUT2D eigenvalue weighted by atomic mass is 32.2. The van der Waals surface area contributed by atoms with E-state index in [-0.39, 0.29) is 11.2 Å². The van der Waals surface area contributed by atoms with E-state index in [2.05, 4.69) is 29.4 Å². The van der Waals surface area contributed by atoms with E-state index in [1.54, 1.807) is 0 Å². The third-order valence-corrected chi connectivity index (χ3v) is 4.85. The van der Waals surface area contributed by atoms with Crippen molar-refractivity contribution in [3.05, 3.63) is 60.2 Å². The summed E-state index contributed by atoms with van der Waals surface area (Å²) in [6.07, 6.45) is 0. The van der Waals surface area contributed by atoms with Crippen LogP contribution in [0.2, 0.25) is 0 Å². The van der Waals surface area contributed by atoms with Gasteiger partial charge in [0.1, 0.15) is 0 Å². The van der Waals surface area contributed by atoms with Crippen molar-refractivity contribution < 1.29 is 9.21 Å². The zero-order chi connectivity index (χ0) is 18.5. The average molecular weight is 367 g/mol. The molecule has 1 N–H and O–H groups in total. The number of anilines is 1. The number of rotatable bonds is 6. The number of nitrogens with one attached hydrogen (secondary N) is 1. The van der Waals surface area contributed by atoms with Crippen LogP contribution in [0.3, 0.4) is 0 Å². The second-order valence-electron chi connectivity index (χ2n) is 6.23. The predicted molar refractivity (Wildman–Crippen MR) is 104 cm³/mol. The smallest absolute Gasteiger partial charge is 0.277 e. The molecule has 134 valence electrons. The number of benzene rings is 2. The summed E-state index contributed by atoms with van der Waals surface area (Å²) in [6.45, 7) is 6.03. The summed E-state index contributed by atoms with van der Waals surface area (Å²) >= 11 is 1.25. The van der Waals surface area contributed by atoms with E-state index in [9.17, 15) is 4.79 Å². The van der Waals surface area contributed by atoms with Crippen molar-refractivity contribution in [2.45, 2.75) is 37.2 Å². The van der Waals surface area contributed by atoms with Crippen LogP contribution in [-0.4, -0.2) is 21.4 Å². The van der Waals surface area contributed by atoms with Crippen molar-refractivity contribution in [3.8, 4) is 11.5 Å². The molecule has 0 bridgehead atoms. The lowest BCUT2D eigenvalue weighted by Crippen LogP contribution is -2.23. The molecule has 0 radical (unpaired) electrons. The second kappa shape index (κ2) is 8.19. The fourth-order valence-electron chi connectivity index (χ4n) is 2.51. The number of hydrogen-bond acceptors (Lipinski definition) is 5. The summed E-state index contributed by atoms with van der Waals surface area (Å²) in [4.78, 5) is 12.5. The summed E-state index contributed by atoms with van der Waals surface area (Å²) in [7, 11) is 0. The monoisotopic (exact) mass is 367 g/mol. The van der Waals surface area contributed by atoms with Crippen LogP contribution in [0.15, 0.2) is 64.2 Å². The summed E-state index contributed by atoms with van der Waals surface area (Å²) in [5.74, 6) is 0.687. The van der Waals surface area contributed by atoms with Crippen molar-refractivity contribution in [1.29, 1.82) is 0 Å². The first-order valence-electron chi connectivity index (χ1n) is 8.50. The minimum atomic E-state index is -0.362. The van der Waals surface area contributed by atoms with Crippen LogP contribution in [0.5, 0.6) is 0 Å². The minimum absolute atomic E-state index is 0.0949. The Balaban J connectivity index is 1.66. The van der Waals surface area contributed by atoms with E-state index >= 15 is 0 Å². The lowest BCUT2D eigenvalue weighted by atomic mass is 10.0. The van der Waals surface area contributed by atoms with E-state index in [1.807, 2.05) is 61.5 Å². The molecule has 0 saturated heterocycles. The molecule has 6 heteroatoms. The van der Waals surface area contributed by atoms with Gasteiger partial charge in [-0.15, -0.1) is 10.2 Å². The fourth-order valence-corrected chi connectivity index (χ4v) is 3.19. The summed E-state index contributed by atoms with van der Waals surface area (Å²) in [5, 5.41) is 11.1. The lowest BCUT2D eigenvalue weighted by Gasteiger charge is -2.15. The normalized spacial score (nSPS) is 12.2. The first kappa shape index (κ1) is 18.2. The first-order chi connectivity index (χ1) is 12.5. The zero-order valence-corrected chi connectivity index (χ0v) is 15.8. The average Bonchev–Trinajstić information content (AvgIpc) is 3.11. The topological polar surface area (TPSA) is 68.0 Å². The highest BCUT2D eigenvalue weighted by Crippen LogP contribution is 2.28. The maximum Gasteiger partial charge on any atom is 0.277 e. The number of thioether (sulfide) groups is 1. The van der Waals surface area contributed by atoms with Crippen molar-refractivity contribution >= 4 is 23.4 Å². The van der Waals surface area contributed by atoms with Gasteiger partial charge in [-0.05, 0) is 36.6 Å². The van der Waals surface area contributed by atoms with Crippen LogP contribution in [-0.2, 0) is 4.79 Å². The van der Waals surface area contributed by atoms with Gasteiger partial charge >= 0.3 is 0 Å². The third kappa shape index (κ3) is 4.32. The van der Waals surface area contributed by atoms with Crippen LogP contribution in [0.4, 0.5) is 5.69 Å². The van der Waals surface area contributed by atoms with Crippen LogP contribution < -0.4 is 5.32 Å². The van der Waals surface area contributed by atoms with E-state index in [0.717, 1.165) is 16.8 Å². The highest BCUT2D eigenvalue weighted by molar-refractivity contribution is 8.00. The van der Waals surface area contributed by atoms with Gasteiger partial charge in [0.25, 0.3) is 5.22 Å². The highest BCUT2D eigenvalue weighted by Gasteiger charge is 2.20. The maximum absolute atomic E-state index is 12.5. The molecule has 2 aromatic carbocycles. The third-order valence-electron chi connectivity index (χ3n) is 3.91. The molecule has 0 unspecified atom stereocenters. The molecule has 0 aliphatic carbocycles. The molecule has 0 fully saturated rings. The van der Waals surface area contributed by atoms with Gasteiger partial charge in [-0.1, -0.05) is 62.0 Å². The number of aromatic nitrogens is 2. The van der Waals surface area contributed by atoms with Gasteiger partial charge in [-0.3, -0.25) is 4.79 Å². The van der Waals surface area contributed by atoms with Gasteiger partial charge in [-0.2, -0.15) is 0 Å². The molecule has 26 heavy (non-hydrogen) atoms. The SMILES string of the molecule is CC(C)c1ccccc1NC(=O)[C@@H](C)Sc1nnc(-c2ccccc2)o1. The predicted octanol–water partition coefficient (Wildman–Crippen LogP) is 4.98. The Morgan fingerprint density at radius 2 is 1.69 bits per heavy atom. The van der Waals surface area contributed by atoms with Crippen LogP contribution in [0, 0.1) is 0 Å². The van der Waals surface area contributed by atoms with Crippen molar-refractivity contribution in [3.63, 3.8) is 0 Å². The van der Waals surface area contributed by atoms with Gasteiger partial charge < -0.3 is 9.73 Å². The molecule has 0 aliphatic rings. The number of para-hydroxylation sites is 1. The number of hydrogen-bond donors (Lipinski definition) is 1. The zero-order valence-electron chi connectivity index (χ0n) is 15.0. The van der Waals surface area contributed by atoms with Crippen molar-refractivity contribution in [2.24, 2.45) is 0 Å². The quantitative estimate of drug-likeness (QED) is 0.622. The molecule has 1 heterocycles. The molecule has 0 saturated carbocycles. The van der Waals surface area contributed by atoms with E-state index in [4.69, 9.17) is 4.42 Å². The Hall–Kier alpha value is -2.60. The van der Waals surface area contributed by atoms with Crippen LogP contribution in [0.1, 0.15) is 32.3 Å². The Bertz CT molecular complexity index is 878. The maximum atomic E-state index is 12.5. The molecule has 1 atom stereocenters. The molecule has 0 aliphatic heterocycles. The summed E-state index contributed by atoms with van der Waals surface area (Å²) < 4.78 is 5.66. The van der Waals surface area contributed by atoms with Crippen molar-refractivity contribution in [2.75, 3.05) is 5.32 Å². The Morgan fingerprint density at radius 3 is 2.42 bits per heavy atom. The standard InChI is InChI=1S/C20H21N3O2S/c1-13(2)16-11-7-8-12-17(16)21-18(24)14(3)26-20-23-22-19(25-20)15-9-5-4-6-10-15/h4-14H,1-3H3,(H,21,24)/t14-/m1/s1. The van der Waals surface area contributed by atoms with Gasteiger partial charge in [0.05, 0.1) is 5.25 Å². The molecule has 1 amide bonds. The molecule has 3 aromatic rings. The van der Waals surface area contributed by atoms with Gasteiger partial charge in [-0.25, -0.2) is 0 Å². The van der Waals surface area contributed by atoms with Crippen LogP contribution in [0.25, 0.3) is 11.5 Å². The number of carbonyl (C=O) groups excluding carboxylic acids is 1. The molecule has 3 rings (SSSR count). The largest absolute Gasteiger partial charge is 0.411 e. The lowest BCUT2D eigenvalue weighted by molar-refractivity contribution is -0.115. The number of carbonyl (C=O) groups is 1. The molecular formula is C20H21N3O2S. The first-order valence-corrected chi connectivity index (χ1v) is 9.38. The van der Waals surface area contributed by atoms with E-state index in [0.29, 0.717) is 17.0 Å². The van der Waals surface area contributed by atoms with Gasteiger partial charge in [0, 0.05) is 11.3 Å². The number of nitrogens with zero attached hydrogens (tertiary/aromatic N) is 2. The summed E-state index contributed by atoms with van der Waals surface area (Å²) in [5.41, 5.74) is 2.81. The molecular weight excluding hydrogens is 346 g/mol. The Labute approximate surface area is 157 Å². The molecule has 0 spiro atoms. The Morgan fingerprint density at radius 1 is 1.00 bits per heavy atom.